The van der Waals surface area contributed by atoms with Crippen LogP contribution in [0.25, 0.3) is 17.0 Å². The van der Waals surface area contributed by atoms with Crippen molar-refractivity contribution in [3.05, 3.63) is 54.5 Å². The average molecular weight is 220 g/mol. The molecule has 4 heteroatoms. The lowest BCUT2D eigenvalue weighted by molar-refractivity contribution is 1.10. The summed E-state index contributed by atoms with van der Waals surface area (Å²) in [6.07, 6.45) is 5.12. The number of nitrogens with zero attached hydrogens (tertiary/aromatic N) is 4. The van der Waals surface area contributed by atoms with E-state index in [4.69, 9.17) is 5.26 Å². The molecule has 0 saturated carbocycles. The van der Waals surface area contributed by atoms with Crippen molar-refractivity contribution in [3.8, 4) is 17.3 Å². The Morgan fingerprint density at radius 3 is 2.71 bits per heavy atom. The number of aromatic nitrogens is 3. The summed E-state index contributed by atoms with van der Waals surface area (Å²) in [4.78, 5) is 8.53. The molecule has 0 N–H and O–H groups in total. The lowest BCUT2D eigenvalue weighted by atomic mass is 10.2. The minimum absolute atomic E-state index is 0.523. The number of benzene rings is 1. The Balaban J connectivity index is 2.18. The van der Waals surface area contributed by atoms with Gasteiger partial charge in [-0.25, -0.2) is 9.97 Å². The third-order valence-corrected chi connectivity index (χ3v) is 2.51. The Labute approximate surface area is 97.8 Å². The zero-order valence-corrected chi connectivity index (χ0v) is 8.91. The molecule has 0 fully saturated rings. The van der Waals surface area contributed by atoms with E-state index in [1.54, 1.807) is 10.6 Å². The van der Waals surface area contributed by atoms with Gasteiger partial charge in [0.1, 0.15) is 6.07 Å². The minimum atomic E-state index is 0.523. The molecule has 0 unspecified atom stereocenters. The van der Waals surface area contributed by atoms with Crippen LogP contribution in [0, 0.1) is 11.3 Å². The standard InChI is InChI=1S/C13H8N4/c14-6-10-7-15-13-16-12(9-17(13)8-10)11-4-2-1-3-5-11/h1-5,7-9H. The van der Waals surface area contributed by atoms with E-state index in [1.165, 1.54) is 6.20 Å². The number of nitriles is 1. The van der Waals surface area contributed by atoms with E-state index in [0.717, 1.165) is 11.3 Å². The molecule has 0 aliphatic carbocycles. The van der Waals surface area contributed by atoms with E-state index in [9.17, 15) is 0 Å². The second-order valence-electron chi connectivity index (χ2n) is 3.65. The molecule has 2 aromatic heterocycles. The van der Waals surface area contributed by atoms with Crippen LogP contribution in [-0.2, 0) is 0 Å². The van der Waals surface area contributed by atoms with E-state index in [-0.39, 0.29) is 0 Å². The van der Waals surface area contributed by atoms with Gasteiger partial charge in [0, 0.05) is 18.0 Å². The van der Waals surface area contributed by atoms with Gasteiger partial charge in [0.25, 0.3) is 0 Å². The molecule has 80 valence electrons. The first-order chi connectivity index (χ1) is 8.36. The lowest BCUT2D eigenvalue weighted by Crippen LogP contribution is -1.88. The Kier molecular flexibility index (Phi) is 2.09. The van der Waals surface area contributed by atoms with Crippen molar-refractivity contribution in [2.75, 3.05) is 0 Å². The first-order valence-corrected chi connectivity index (χ1v) is 5.17. The second kappa shape index (κ2) is 3.72. The average Bonchev–Trinajstić information content (AvgIpc) is 2.82. The van der Waals surface area contributed by atoms with E-state index >= 15 is 0 Å². The van der Waals surface area contributed by atoms with Crippen LogP contribution in [0.2, 0.25) is 0 Å². The molecule has 0 atom stereocenters. The summed E-state index contributed by atoms with van der Waals surface area (Å²) >= 11 is 0. The maximum Gasteiger partial charge on any atom is 0.234 e. The van der Waals surface area contributed by atoms with Gasteiger partial charge in [-0.3, -0.25) is 4.40 Å². The normalized spacial score (nSPS) is 10.3. The molecule has 17 heavy (non-hydrogen) atoms. The molecular weight excluding hydrogens is 212 g/mol. The monoisotopic (exact) mass is 220 g/mol. The highest BCUT2D eigenvalue weighted by molar-refractivity contribution is 5.61. The summed E-state index contributed by atoms with van der Waals surface area (Å²) < 4.78 is 1.76. The van der Waals surface area contributed by atoms with E-state index in [0.29, 0.717) is 11.3 Å². The molecule has 3 rings (SSSR count). The fraction of sp³-hybridized carbons (Fsp3) is 0. The van der Waals surface area contributed by atoms with Gasteiger partial charge >= 0.3 is 0 Å². The van der Waals surface area contributed by atoms with Crippen molar-refractivity contribution in [2.24, 2.45) is 0 Å². The van der Waals surface area contributed by atoms with E-state index < -0.39 is 0 Å². The maximum atomic E-state index is 8.80. The van der Waals surface area contributed by atoms with Gasteiger partial charge in [-0.1, -0.05) is 30.3 Å². The molecule has 1 aromatic carbocycles. The fourth-order valence-electron chi connectivity index (χ4n) is 1.69. The van der Waals surface area contributed by atoms with Crippen molar-refractivity contribution in [2.45, 2.75) is 0 Å². The highest BCUT2D eigenvalue weighted by Gasteiger charge is 2.04. The molecular formula is C13H8N4. The minimum Gasteiger partial charge on any atom is -0.289 e. The van der Waals surface area contributed by atoms with Crippen molar-refractivity contribution >= 4 is 5.78 Å². The van der Waals surface area contributed by atoms with Gasteiger partial charge < -0.3 is 0 Å². The Morgan fingerprint density at radius 2 is 1.94 bits per heavy atom. The fourth-order valence-corrected chi connectivity index (χ4v) is 1.69. The van der Waals surface area contributed by atoms with Gasteiger partial charge in [-0.15, -0.1) is 0 Å². The number of hydrogen-bond acceptors (Lipinski definition) is 3. The second-order valence-corrected chi connectivity index (χ2v) is 3.65. The van der Waals surface area contributed by atoms with Gasteiger partial charge in [0.05, 0.1) is 17.5 Å². The van der Waals surface area contributed by atoms with Crippen molar-refractivity contribution in [1.82, 2.24) is 14.4 Å². The molecule has 4 nitrogen and oxygen atoms in total. The Hall–Kier alpha value is -2.67. The lowest BCUT2D eigenvalue weighted by Gasteiger charge is -1.92. The van der Waals surface area contributed by atoms with Crippen LogP contribution in [-0.4, -0.2) is 14.4 Å². The Morgan fingerprint density at radius 1 is 1.12 bits per heavy atom. The van der Waals surface area contributed by atoms with Crippen molar-refractivity contribution in [1.29, 1.82) is 5.26 Å². The number of rotatable bonds is 1. The first-order valence-electron chi connectivity index (χ1n) is 5.17. The maximum absolute atomic E-state index is 8.80. The predicted molar refractivity (Wildman–Crippen MR) is 63.1 cm³/mol. The van der Waals surface area contributed by atoms with E-state index in [1.807, 2.05) is 36.5 Å². The molecule has 0 saturated heterocycles. The Bertz CT molecular complexity index is 707. The highest BCUT2D eigenvalue weighted by atomic mass is 15.1. The number of hydrogen-bond donors (Lipinski definition) is 0. The summed E-state index contributed by atoms with van der Waals surface area (Å²) in [7, 11) is 0. The molecule has 0 bridgehead atoms. The summed E-state index contributed by atoms with van der Waals surface area (Å²) in [5, 5.41) is 8.80. The zero-order valence-electron chi connectivity index (χ0n) is 8.91. The third-order valence-electron chi connectivity index (χ3n) is 2.51. The van der Waals surface area contributed by atoms with Crippen LogP contribution in [0.1, 0.15) is 5.56 Å². The largest absolute Gasteiger partial charge is 0.289 e. The highest BCUT2D eigenvalue weighted by Crippen LogP contribution is 2.17. The zero-order chi connectivity index (χ0) is 11.7. The van der Waals surface area contributed by atoms with Gasteiger partial charge in [0.15, 0.2) is 0 Å². The predicted octanol–water partition coefficient (Wildman–Crippen LogP) is 2.27. The van der Waals surface area contributed by atoms with Crippen LogP contribution in [0.4, 0.5) is 0 Å². The molecule has 0 aliphatic rings. The number of fused-ring (bicyclic) bond motifs is 1. The quantitative estimate of drug-likeness (QED) is 0.632. The van der Waals surface area contributed by atoms with Crippen molar-refractivity contribution < 1.29 is 0 Å². The summed E-state index contributed by atoms with van der Waals surface area (Å²) in [6.45, 7) is 0. The van der Waals surface area contributed by atoms with Crippen LogP contribution in [0.3, 0.4) is 0 Å². The van der Waals surface area contributed by atoms with Gasteiger partial charge in [0.2, 0.25) is 5.78 Å². The molecule has 0 radical (unpaired) electrons. The molecule has 0 aliphatic heterocycles. The van der Waals surface area contributed by atoms with Crippen LogP contribution in [0.15, 0.2) is 48.9 Å². The summed E-state index contributed by atoms with van der Waals surface area (Å²) in [6, 6.07) is 11.9. The first kappa shape index (κ1) is 9.55. The van der Waals surface area contributed by atoms with Gasteiger partial charge in [-0.05, 0) is 0 Å². The van der Waals surface area contributed by atoms with E-state index in [2.05, 4.69) is 16.0 Å². The van der Waals surface area contributed by atoms with Crippen LogP contribution < -0.4 is 0 Å². The third kappa shape index (κ3) is 1.64. The van der Waals surface area contributed by atoms with Crippen LogP contribution in [0.5, 0.6) is 0 Å². The number of imidazole rings is 1. The smallest absolute Gasteiger partial charge is 0.234 e. The topological polar surface area (TPSA) is 54.0 Å². The SMILES string of the molecule is N#Cc1cnc2nc(-c3ccccc3)cn2c1. The summed E-state index contributed by atoms with van der Waals surface area (Å²) in [5.74, 6) is 0.600. The molecule has 2 heterocycles. The van der Waals surface area contributed by atoms with Crippen LogP contribution >= 0.6 is 0 Å². The summed E-state index contributed by atoms with van der Waals surface area (Å²) in [5.41, 5.74) is 2.42. The van der Waals surface area contributed by atoms with Crippen molar-refractivity contribution in [3.63, 3.8) is 0 Å². The molecule has 3 aromatic rings. The molecule has 0 spiro atoms. The molecule has 0 amide bonds. The van der Waals surface area contributed by atoms with Gasteiger partial charge in [-0.2, -0.15) is 5.26 Å².